The number of anilines is 4. The second-order valence-corrected chi connectivity index (χ2v) is 10.7. The number of aromatic nitrogens is 4. The van der Waals surface area contributed by atoms with Gasteiger partial charge in [0, 0.05) is 61.1 Å². The Morgan fingerprint density at radius 2 is 1.86 bits per heavy atom. The van der Waals surface area contributed by atoms with Gasteiger partial charge in [-0.1, -0.05) is 12.1 Å². The maximum Gasteiger partial charge on any atom is 0.416 e. The van der Waals surface area contributed by atoms with Gasteiger partial charge in [0.05, 0.1) is 18.8 Å². The molecule has 3 heterocycles. The highest BCUT2D eigenvalue weighted by Crippen LogP contribution is 2.34. The predicted octanol–water partition coefficient (Wildman–Crippen LogP) is 5.39. The Labute approximate surface area is 246 Å². The maximum atomic E-state index is 14.0. The van der Waals surface area contributed by atoms with Crippen molar-refractivity contribution in [2.45, 2.75) is 38.5 Å². The Balaban J connectivity index is 1.19. The number of benzene rings is 2. The Morgan fingerprint density at radius 3 is 2.63 bits per heavy atom. The molecule has 2 fully saturated rings. The van der Waals surface area contributed by atoms with Crippen molar-refractivity contribution in [1.29, 1.82) is 0 Å². The highest BCUT2D eigenvalue weighted by atomic mass is 19.4. The molecule has 2 aliphatic rings. The van der Waals surface area contributed by atoms with E-state index in [1.54, 1.807) is 35.2 Å². The van der Waals surface area contributed by atoms with Gasteiger partial charge >= 0.3 is 6.18 Å². The van der Waals surface area contributed by atoms with Crippen LogP contribution >= 0.6 is 0 Å². The molecule has 6 rings (SSSR count). The molecule has 3 N–H and O–H groups in total. The summed E-state index contributed by atoms with van der Waals surface area (Å²) in [6, 6.07) is 11.2. The molecular formula is C30H31F3N8O2. The molecule has 1 saturated heterocycles. The van der Waals surface area contributed by atoms with E-state index >= 15 is 0 Å². The minimum absolute atomic E-state index is 0.0805. The zero-order valence-electron chi connectivity index (χ0n) is 23.5. The lowest BCUT2D eigenvalue weighted by atomic mass is 10.0. The van der Waals surface area contributed by atoms with Gasteiger partial charge in [0.1, 0.15) is 18.0 Å². The van der Waals surface area contributed by atoms with Crippen molar-refractivity contribution < 1.29 is 22.7 Å². The van der Waals surface area contributed by atoms with Gasteiger partial charge in [-0.2, -0.15) is 13.2 Å². The first-order valence-electron chi connectivity index (χ1n) is 14.0. The van der Waals surface area contributed by atoms with E-state index < -0.39 is 17.6 Å². The van der Waals surface area contributed by atoms with E-state index in [-0.39, 0.29) is 17.7 Å². The summed E-state index contributed by atoms with van der Waals surface area (Å²) in [4.78, 5) is 28.1. The summed E-state index contributed by atoms with van der Waals surface area (Å²) >= 11 is 0. The van der Waals surface area contributed by atoms with Crippen LogP contribution in [0.1, 0.15) is 39.9 Å². The largest absolute Gasteiger partial charge is 0.416 e. The molecule has 0 atom stereocenters. The Bertz CT molecular complexity index is 1610. The van der Waals surface area contributed by atoms with Crippen molar-refractivity contribution >= 4 is 29.0 Å². The van der Waals surface area contributed by atoms with Gasteiger partial charge in [-0.05, 0) is 55.2 Å². The predicted molar refractivity (Wildman–Crippen MR) is 156 cm³/mol. The molecule has 2 aromatic carbocycles. The van der Waals surface area contributed by atoms with E-state index in [4.69, 9.17) is 4.74 Å². The van der Waals surface area contributed by atoms with Gasteiger partial charge < -0.3 is 20.7 Å². The molecule has 10 nitrogen and oxygen atoms in total. The molecule has 1 aliphatic carbocycles. The van der Waals surface area contributed by atoms with Crippen LogP contribution in [0, 0.1) is 6.92 Å². The quantitative estimate of drug-likeness (QED) is 0.237. The van der Waals surface area contributed by atoms with Crippen LogP contribution in [0.15, 0.2) is 61.2 Å². The molecule has 1 aliphatic heterocycles. The third-order valence-corrected chi connectivity index (χ3v) is 7.39. The number of carbonyl (C=O) groups excluding carboxylic acids is 1. The zero-order chi connectivity index (χ0) is 30.0. The van der Waals surface area contributed by atoms with E-state index in [0.717, 1.165) is 30.3 Å². The minimum Gasteiger partial charge on any atom is -0.379 e. The number of imidazole rings is 1. The first-order valence-corrected chi connectivity index (χ1v) is 14.0. The van der Waals surface area contributed by atoms with Crippen LogP contribution in [0.2, 0.25) is 0 Å². The van der Waals surface area contributed by atoms with E-state index in [2.05, 4.69) is 30.9 Å². The van der Waals surface area contributed by atoms with Crippen molar-refractivity contribution in [2.24, 2.45) is 0 Å². The molecule has 224 valence electrons. The summed E-state index contributed by atoms with van der Waals surface area (Å²) in [6.07, 6.45) is 2.54. The number of amides is 1. The second-order valence-electron chi connectivity index (χ2n) is 10.7. The Morgan fingerprint density at radius 1 is 1.05 bits per heavy atom. The fourth-order valence-corrected chi connectivity index (χ4v) is 4.85. The van der Waals surface area contributed by atoms with Crippen LogP contribution in [0.5, 0.6) is 0 Å². The van der Waals surface area contributed by atoms with Gasteiger partial charge in [0.15, 0.2) is 0 Å². The van der Waals surface area contributed by atoms with Crippen LogP contribution in [0.25, 0.3) is 5.82 Å². The number of carbonyl (C=O) groups is 1. The topological polar surface area (TPSA) is 109 Å². The van der Waals surface area contributed by atoms with E-state index in [1.165, 1.54) is 18.5 Å². The van der Waals surface area contributed by atoms with Crippen LogP contribution in [-0.2, 0) is 17.5 Å². The summed E-state index contributed by atoms with van der Waals surface area (Å²) in [5, 5.41) is 9.37. The SMILES string of the molecule is Cc1ccc(NC(=O)c2ccc(CN3CCOCC3)c(C(F)(F)F)c2)cc1Nc1nccn1-c1cc(NC2CC2)ncn1. The molecular weight excluding hydrogens is 561 g/mol. The fourth-order valence-electron chi connectivity index (χ4n) is 4.85. The van der Waals surface area contributed by atoms with Crippen LogP contribution in [0.4, 0.5) is 36.3 Å². The molecule has 0 unspecified atom stereocenters. The molecule has 1 saturated carbocycles. The smallest absolute Gasteiger partial charge is 0.379 e. The normalized spacial score (nSPS) is 15.7. The number of hydrogen-bond acceptors (Lipinski definition) is 8. The first kappa shape index (κ1) is 28.6. The van der Waals surface area contributed by atoms with Crippen LogP contribution in [0.3, 0.4) is 0 Å². The number of hydrogen-bond donors (Lipinski definition) is 3. The van der Waals surface area contributed by atoms with E-state index in [1.807, 2.05) is 17.9 Å². The number of aryl methyl sites for hydroxylation is 1. The zero-order valence-corrected chi connectivity index (χ0v) is 23.5. The summed E-state index contributed by atoms with van der Waals surface area (Å²) in [5.74, 6) is 1.21. The average molecular weight is 593 g/mol. The maximum absolute atomic E-state index is 14.0. The molecule has 1 amide bonds. The van der Waals surface area contributed by atoms with Crippen molar-refractivity contribution in [1.82, 2.24) is 24.4 Å². The van der Waals surface area contributed by atoms with Gasteiger partial charge in [0.2, 0.25) is 5.95 Å². The summed E-state index contributed by atoms with van der Waals surface area (Å²) < 4.78 is 49.0. The van der Waals surface area contributed by atoms with Gasteiger partial charge in [0.25, 0.3) is 5.91 Å². The number of ether oxygens (including phenoxy) is 1. The second kappa shape index (κ2) is 12.0. The van der Waals surface area contributed by atoms with Crippen LogP contribution in [-0.4, -0.2) is 62.7 Å². The lowest BCUT2D eigenvalue weighted by Crippen LogP contribution is -2.36. The fraction of sp³-hybridized carbons (Fsp3) is 0.333. The van der Waals surface area contributed by atoms with Crippen LogP contribution < -0.4 is 16.0 Å². The van der Waals surface area contributed by atoms with Crippen molar-refractivity contribution in [3.8, 4) is 5.82 Å². The number of rotatable bonds is 9. The van der Waals surface area contributed by atoms with Gasteiger partial charge in [-0.3, -0.25) is 14.3 Å². The molecule has 0 bridgehead atoms. The first-order chi connectivity index (χ1) is 20.7. The number of alkyl halides is 3. The van der Waals surface area contributed by atoms with E-state index in [0.29, 0.717) is 55.5 Å². The highest BCUT2D eigenvalue weighted by Gasteiger charge is 2.34. The van der Waals surface area contributed by atoms with E-state index in [9.17, 15) is 18.0 Å². The molecule has 0 spiro atoms. The third-order valence-electron chi connectivity index (χ3n) is 7.39. The average Bonchev–Trinajstić information content (AvgIpc) is 3.68. The van der Waals surface area contributed by atoms with Gasteiger partial charge in [-0.15, -0.1) is 0 Å². The lowest BCUT2D eigenvalue weighted by molar-refractivity contribution is -0.138. The summed E-state index contributed by atoms with van der Waals surface area (Å²) in [7, 11) is 0. The standard InChI is InChI=1S/C30H31F3N8O2/c1-19-2-5-23(15-25(19)39-29-34-8-9-41(29)27-16-26(35-18-36-27)37-22-6-7-22)38-28(42)20-3-4-21(24(14-20)30(31,32)33)17-40-10-12-43-13-11-40/h2-5,8-9,14-16,18,22H,6-7,10-13,17H2,1H3,(H,34,39)(H,38,42)(H,35,36,37). The van der Waals surface area contributed by atoms with Crippen molar-refractivity contribution in [3.63, 3.8) is 0 Å². The lowest BCUT2D eigenvalue weighted by Gasteiger charge is -2.27. The monoisotopic (exact) mass is 592 g/mol. The summed E-state index contributed by atoms with van der Waals surface area (Å²) in [5.41, 5.74) is 1.18. The molecule has 0 radical (unpaired) electrons. The highest BCUT2D eigenvalue weighted by molar-refractivity contribution is 6.04. The number of nitrogens with zero attached hydrogens (tertiary/aromatic N) is 5. The molecule has 4 aromatic rings. The Hall–Kier alpha value is -4.49. The van der Waals surface area contributed by atoms with Gasteiger partial charge in [-0.25, -0.2) is 15.0 Å². The number of morpholine rings is 1. The molecule has 13 heteroatoms. The molecule has 2 aromatic heterocycles. The number of halogens is 3. The number of nitrogens with one attached hydrogen (secondary N) is 3. The van der Waals surface area contributed by atoms with Crippen molar-refractivity contribution in [3.05, 3.63) is 83.4 Å². The summed E-state index contributed by atoms with van der Waals surface area (Å²) in [6.45, 7) is 4.11. The Kier molecular flexibility index (Phi) is 8.00. The molecule has 43 heavy (non-hydrogen) atoms. The minimum atomic E-state index is -4.60. The third kappa shape index (κ3) is 6.95. The van der Waals surface area contributed by atoms with Crippen molar-refractivity contribution in [2.75, 3.05) is 42.3 Å².